The molecule has 17 nitrogen and oxygen atoms in total. The highest BCUT2D eigenvalue weighted by Gasteiger charge is 2.30. The molecule has 0 saturated heterocycles. The number of allylic oxidation sites excluding steroid dienone is 12. The van der Waals surface area contributed by atoms with Gasteiger partial charge in [0.25, 0.3) is 0 Å². The minimum atomic E-state index is -4.97. The molecule has 0 spiro atoms. The van der Waals surface area contributed by atoms with E-state index in [1.54, 1.807) is 0 Å². The second kappa shape index (κ2) is 70.0. The van der Waals surface area contributed by atoms with Crippen molar-refractivity contribution in [3.63, 3.8) is 0 Å². The van der Waals surface area contributed by atoms with Gasteiger partial charge in [0.2, 0.25) is 0 Å². The Labute approximate surface area is 583 Å². The second-order valence-corrected chi connectivity index (χ2v) is 28.5. The van der Waals surface area contributed by atoms with E-state index in [1.807, 2.05) is 0 Å². The molecule has 0 aliphatic rings. The molecule has 0 saturated carbocycles. The van der Waals surface area contributed by atoms with E-state index in [4.69, 9.17) is 37.0 Å². The molecule has 0 bridgehead atoms. The zero-order valence-corrected chi connectivity index (χ0v) is 62.6. The van der Waals surface area contributed by atoms with Crippen LogP contribution >= 0.6 is 15.6 Å². The molecule has 0 heterocycles. The quantitative estimate of drug-likeness (QED) is 0.0169. The Morgan fingerprint density at radius 2 is 0.531 bits per heavy atom. The fourth-order valence-electron chi connectivity index (χ4n) is 10.3. The van der Waals surface area contributed by atoms with Gasteiger partial charge in [-0.3, -0.25) is 37.3 Å². The predicted octanol–water partition coefficient (Wildman–Crippen LogP) is 21.7. The summed E-state index contributed by atoms with van der Waals surface area (Å²) in [4.78, 5) is 72.7. The third kappa shape index (κ3) is 69.0. The second-order valence-electron chi connectivity index (χ2n) is 25.6. The van der Waals surface area contributed by atoms with Gasteiger partial charge in [0.1, 0.15) is 19.3 Å². The Morgan fingerprint density at radius 1 is 0.292 bits per heavy atom. The van der Waals surface area contributed by atoms with E-state index in [2.05, 4.69) is 101 Å². The van der Waals surface area contributed by atoms with Gasteiger partial charge in [-0.05, 0) is 116 Å². The molecule has 0 amide bonds. The Bertz CT molecular complexity index is 2110. The lowest BCUT2D eigenvalue weighted by Crippen LogP contribution is -2.30. The zero-order valence-electron chi connectivity index (χ0n) is 60.8. The zero-order chi connectivity index (χ0) is 70.4. The smallest absolute Gasteiger partial charge is 0.462 e. The normalized spacial score (nSPS) is 14.4. The molecule has 0 aromatic carbocycles. The van der Waals surface area contributed by atoms with Gasteiger partial charge in [0, 0.05) is 25.7 Å². The average Bonchev–Trinajstić information content (AvgIpc) is 1.28. The third-order valence-electron chi connectivity index (χ3n) is 16.1. The maximum atomic E-state index is 13.1. The topological polar surface area (TPSA) is 237 Å². The molecule has 5 atom stereocenters. The van der Waals surface area contributed by atoms with Crippen LogP contribution < -0.4 is 0 Å². The lowest BCUT2D eigenvalue weighted by atomic mass is 10.1. The van der Waals surface area contributed by atoms with Crippen molar-refractivity contribution in [3.8, 4) is 0 Å². The van der Waals surface area contributed by atoms with Crippen LogP contribution in [0.4, 0.5) is 0 Å². The minimum Gasteiger partial charge on any atom is -0.462 e. The number of aliphatic hydroxyl groups excluding tert-OH is 1. The number of hydrogen-bond acceptors (Lipinski definition) is 15. The van der Waals surface area contributed by atoms with Crippen LogP contribution in [-0.4, -0.2) is 96.7 Å². The summed E-state index contributed by atoms with van der Waals surface area (Å²) < 4.78 is 68.4. The number of aliphatic hydroxyl groups is 1. The van der Waals surface area contributed by atoms with Crippen LogP contribution in [0.2, 0.25) is 0 Å². The van der Waals surface area contributed by atoms with Crippen LogP contribution in [0.3, 0.4) is 0 Å². The number of unbranched alkanes of at least 4 members (excludes halogenated alkanes) is 34. The first-order chi connectivity index (χ1) is 46.7. The summed E-state index contributed by atoms with van der Waals surface area (Å²) in [5.74, 6) is -2.19. The first-order valence-electron chi connectivity index (χ1n) is 38.2. The van der Waals surface area contributed by atoms with Crippen molar-refractivity contribution in [2.45, 2.75) is 354 Å². The number of ether oxygens (including phenoxy) is 4. The highest BCUT2D eigenvalue weighted by Crippen LogP contribution is 2.45. The van der Waals surface area contributed by atoms with Crippen LogP contribution in [0.1, 0.15) is 336 Å². The van der Waals surface area contributed by atoms with Crippen LogP contribution in [0.25, 0.3) is 0 Å². The van der Waals surface area contributed by atoms with Crippen molar-refractivity contribution in [1.82, 2.24) is 0 Å². The summed E-state index contributed by atoms with van der Waals surface area (Å²) >= 11 is 0. The average molecular weight is 1400 g/mol. The molecule has 0 rings (SSSR count). The fraction of sp³-hybridized carbons (Fsp3) is 0.792. The number of carbonyl (C=O) groups excluding carboxylic acids is 4. The van der Waals surface area contributed by atoms with Gasteiger partial charge in [-0.1, -0.05) is 268 Å². The molecule has 0 aliphatic carbocycles. The van der Waals surface area contributed by atoms with E-state index in [1.165, 1.54) is 83.5 Å². The molecule has 0 aromatic rings. The summed E-state index contributed by atoms with van der Waals surface area (Å²) in [5.41, 5.74) is 0. The number of rotatable bonds is 72. The largest absolute Gasteiger partial charge is 0.472 e. The van der Waals surface area contributed by atoms with Crippen molar-refractivity contribution in [2.24, 2.45) is 0 Å². The Kier molecular flexibility index (Phi) is 67.4. The van der Waals surface area contributed by atoms with E-state index in [-0.39, 0.29) is 25.7 Å². The molecular formula is C77H138O17P2. The maximum Gasteiger partial charge on any atom is 0.472 e. The molecule has 96 heavy (non-hydrogen) atoms. The van der Waals surface area contributed by atoms with Crippen molar-refractivity contribution in [2.75, 3.05) is 39.6 Å². The van der Waals surface area contributed by atoms with Crippen molar-refractivity contribution < 1.29 is 80.2 Å². The predicted molar refractivity (Wildman–Crippen MR) is 390 cm³/mol. The lowest BCUT2D eigenvalue weighted by Gasteiger charge is -2.21. The molecule has 0 aliphatic heterocycles. The standard InChI is InChI=1S/C77H138O17P2/c1-5-9-13-17-21-25-29-32-33-34-35-36-37-40-43-46-50-54-58-62-75(80)88-67-72(93-76(81)63-59-55-51-47-41-28-24-20-16-12-8-4)69-91-95(83,84)89-65-71(78)66-90-96(85,86)92-70-73(94-77(82)64-60-56-52-48-44-39-31-27-23-19-15-11-7-3)68-87-74(79)61-57-53-49-45-42-38-30-26-22-18-14-10-6-2/h14,18,21,25-27,30-33,35-36,71-73,78H,5-13,15-17,19-20,22-24,28-29,34,37-70H2,1-4H3,(H,83,84)(H,85,86)/b18-14-,25-21-,30-26-,31-27-,33-32-,36-35-. The summed E-state index contributed by atoms with van der Waals surface area (Å²) in [6.07, 6.45) is 68.9. The van der Waals surface area contributed by atoms with Crippen molar-refractivity contribution in [3.05, 3.63) is 72.9 Å². The van der Waals surface area contributed by atoms with Crippen LogP contribution in [0.15, 0.2) is 72.9 Å². The van der Waals surface area contributed by atoms with Gasteiger partial charge in [0.05, 0.1) is 26.4 Å². The number of carbonyl (C=O) groups is 4. The Morgan fingerprint density at radius 3 is 0.865 bits per heavy atom. The monoisotopic (exact) mass is 1400 g/mol. The summed E-state index contributed by atoms with van der Waals surface area (Å²) in [6.45, 7) is 4.75. The number of esters is 4. The van der Waals surface area contributed by atoms with Crippen LogP contribution in [-0.2, 0) is 65.4 Å². The van der Waals surface area contributed by atoms with Gasteiger partial charge in [-0.2, -0.15) is 0 Å². The molecule has 19 heteroatoms. The molecule has 0 radical (unpaired) electrons. The summed E-state index contributed by atoms with van der Waals surface area (Å²) in [6, 6.07) is 0. The van der Waals surface area contributed by atoms with Crippen molar-refractivity contribution in [1.29, 1.82) is 0 Å². The maximum absolute atomic E-state index is 13.1. The van der Waals surface area contributed by atoms with Gasteiger partial charge in [-0.25, -0.2) is 9.13 Å². The van der Waals surface area contributed by atoms with Crippen LogP contribution in [0, 0.1) is 0 Å². The fourth-order valence-corrected chi connectivity index (χ4v) is 11.8. The molecule has 0 fully saturated rings. The first-order valence-corrected chi connectivity index (χ1v) is 41.2. The van der Waals surface area contributed by atoms with E-state index in [0.717, 1.165) is 173 Å². The van der Waals surface area contributed by atoms with E-state index < -0.39 is 97.5 Å². The van der Waals surface area contributed by atoms with Gasteiger partial charge in [-0.15, -0.1) is 0 Å². The molecule has 558 valence electrons. The van der Waals surface area contributed by atoms with Gasteiger partial charge < -0.3 is 33.8 Å². The number of phosphoric ester groups is 2. The third-order valence-corrected chi connectivity index (χ3v) is 18.0. The van der Waals surface area contributed by atoms with Crippen molar-refractivity contribution >= 4 is 39.5 Å². The Hall–Kier alpha value is -3.50. The van der Waals surface area contributed by atoms with E-state index in [9.17, 15) is 43.2 Å². The Balaban J connectivity index is 5.29. The SMILES string of the molecule is CCC/C=C\C/C=C\CCCCCCCC(=O)OCC(COP(=O)(O)OCC(O)COP(=O)(O)OCC(COC(=O)CCCCCCCC/C=C\C/C=C\C/C=C\CCCCC)OC(=O)CCCCCCCCCCCCC)OC(=O)CCCCCCC/C=C\CCCCCC. The van der Waals surface area contributed by atoms with Crippen LogP contribution in [0.5, 0.6) is 0 Å². The first kappa shape index (κ1) is 92.5. The molecule has 5 unspecified atom stereocenters. The highest BCUT2D eigenvalue weighted by atomic mass is 31.2. The van der Waals surface area contributed by atoms with E-state index in [0.29, 0.717) is 25.7 Å². The molecular weight excluding hydrogens is 1260 g/mol. The number of phosphoric acid groups is 2. The van der Waals surface area contributed by atoms with Gasteiger partial charge in [0.15, 0.2) is 12.2 Å². The lowest BCUT2D eigenvalue weighted by molar-refractivity contribution is -0.161. The summed E-state index contributed by atoms with van der Waals surface area (Å²) in [5, 5.41) is 10.6. The minimum absolute atomic E-state index is 0.0844. The molecule has 0 aromatic heterocycles. The summed E-state index contributed by atoms with van der Waals surface area (Å²) in [7, 11) is -9.94. The number of hydrogen-bond donors (Lipinski definition) is 3. The van der Waals surface area contributed by atoms with E-state index >= 15 is 0 Å². The molecule has 3 N–H and O–H groups in total. The highest BCUT2D eigenvalue weighted by molar-refractivity contribution is 7.47. The van der Waals surface area contributed by atoms with Gasteiger partial charge >= 0.3 is 39.5 Å².